The number of hydrogen-bond acceptors (Lipinski definition) is 5. The molecule has 0 aromatic heterocycles. The molecule has 2 aromatic rings. The smallest absolute Gasteiger partial charge is 0.284 e. The zero-order chi connectivity index (χ0) is 21.1. The van der Waals surface area contributed by atoms with Crippen molar-refractivity contribution in [3.8, 4) is 0 Å². The van der Waals surface area contributed by atoms with Gasteiger partial charge in [-0.25, -0.2) is 4.79 Å². The number of non-ortho nitro benzene ring substituents is 1. The molecule has 0 atom stereocenters. The molecule has 29 heavy (non-hydrogen) atoms. The Kier molecular flexibility index (Phi) is 5.84. The maximum atomic E-state index is 13.2. The van der Waals surface area contributed by atoms with E-state index in [2.05, 4.69) is 0 Å². The molecule has 2 aromatic carbocycles. The fourth-order valence-corrected chi connectivity index (χ4v) is 3.66. The van der Waals surface area contributed by atoms with E-state index in [0.29, 0.717) is 17.7 Å². The van der Waals surface area contributed by atoms with E-state index in [1.165, 1.54) is 17.0 Å². The first kappa shape index (κ1) is 20.3. The molecule has 0 spiro atoms. The lowest BCUT2D eigenvalue weighted by molar-refractivity contribution is -0.384. The van der Waals surface area contributed by atoms with Gasteiger partial charge in [0.05, 0.1) is 10.5 Å². The van der Waals surface area contributed by atoms with E-state index < -0.39 is 16.9 Å². The van der Waals surface area contributed by atoms with E-state index in [9.17, 15) is 19.7 Å². The van der Waals surface area contributed by atoms with Gasteiger partial charge in [0.2, 0.25) is 0 Å². The fraction of sp³-hybridized carbons (Fsp3) is 0.190. The summed E-state index contributed by atoms with van der Waals surface area (Å²) < 4.78 is 0. The number of carbonyl (C=O) groups is 2. The molecule has 0 unspecified atom stereocenters. The van der Waals surface area contributed by atoms with Crippen LogP contribution in [-0.2, 0) is 4.79 Å². The Labute approximate surface area is 173 Å². The van der Waals surface area contributed by atoms with Gasteiger partial charge in [-0.3, -0.25) is 24.7 Å². The van der Waals surface area contributed by atoms with Crippen molar-refractivity contribution in [1.29, 1.82) is 0 Å². The van der Waals surface area contributed by atoms with Gasteiger partial charge in [-0.2, -0.15) is 0 Å². The number of nitro groups is 1. The summed E-state index contributed by atoms with van der Waals surface area (Å²) in [5.74, 6) is -0.468. The SMILES string of the molecule is CCN1C(=O)C(=C(c2ccccc2)c2ccc([N+](=O)[O-])cc2)C(=S)N(CC)C1=O. The Hall–Kier alpha value is -3.39. The molecule has 3 rings (SSSR count). The molecule has 0 N–H and O–H groups in total. The van der Waals surface area contributed by atoms with Crippen LogP contribution in [0.5, 0.6) is 0 Å². The minimum atomic E-state index is -0.480. The molecule has 1 heterocycles. The van der Waals surface area contributed by atoms with E-state index in [4.69, 9.17) is 12.2 Å². The summed E-state index contributed by atoms with van der Waals surface area (Å²) in [7, 11) is 0. The summed E-state index contributed by atoms with van der Waals surface area (Å²) in [4.78, 5) is 39.1. The number of amides is 3. The number of rotatable bonds is 5. The van der Waals surface area contributed by atoms with Gasteiger partial charge < -0.3 is 0 Å². The van der Waals surface area contributed by atoms with Crippen LogP contribution in [0.4, 0.5) is 10.5 Å². The molecule has 7 nitrogen and oxygen atoms in total. The van der Waals surface area contributed by atoms with Crippen LogP contribution >= 0.6 is 12.2 Å². The third-order valence-corrected chi connectivity index (χ3v) is 5.12. The monoisotopic (exact) mass is 409 g/mol. The first-order chi connectivity index (χ1) is 13.9. The third-order valence-electron chi connectivity index (χ3n) is 4.69. The quantitative estimate of drug-likeness (QED) is 0.322. The fourth-order valence-electron chi connectivity index (χ4n) is 3.26. The molecule has 148 valence electrons. The van der Waals surface area contributed by atoms with Crippen LogP contribution < -0.4 is 0 Å². The molecule has 0 radical (unpaired) electrons. The van der Waals surface area contributed by atoms with Crippen molar-refractivity contribution in [1.82, 2.24) is 9.80 Å². The van der Waals surface area contributed by atoms with Gasteiger partial charge >= 0.3 is 6.03 Å². The number of nitro benzene ring substituents is 1. The van der Waals surface area contributed by atoms with E-state index in [1.54, 1.807) is 26.0 Å². The van der Waals surface area contributed by atoms with E-state index in [-0.39, 0.29) is 22.8 Å². The molecule has 1 aliphatic rings. The minimum absolute atomic E-state index is 0.0516. The van der Waals surface area contributed by atoms with Gasteiger partial charge in [-0.05, 0) is 37.1 Å². The normalized spacial score (nSPS) is 16.3. The number of thiocarbonyl (C=S) groups is 1. The number of likely N-dealkylation sites (N-methyl/N-ethyl adjacent to an activating group) is 2. The number of urea groups is 1. The molecule has 1 fully saturated rings. The third kappa shape index (κ3) is 3.66. The van der Waals surface area contributed by atoms with Crippen LogP contribution in [-0.4, -0.2) is 44.7 Å². The number of carbonyl (C=O) groups excluding carboxylic acids is 2. The zero-order valence-electron chi connectivity index (χ0n) is 16.0. The lowest BCUT2D eigenvalue weighted by Crippen LogP contribution is -2.55. The molecular formula is C21H19N3O4S. The Balaban J connectivity index is 2.30. The Morgan fingerprint density at radius 3 is 2.00 bits per heavy atom. The van der Waals surface area contributed by atoms with Crippen LogP contribution in [0.15, 0.2) is 60.2 Å². The second-order valence-corrected chi connectivity index (χ2v) is 6.69. The standard InChI is InChI=1S/C21H19N3O4S/c1-3-22-19(25)18(20(29)23(4-2)21(22)26)17(14-8-6-5-7-9-14)15-10-12-16(13-11-15)24(27)28/h5-13H,3-4H2,1-2H3. The summed E-state index contributed by atoms with van der Waals surface area (Å²) in [5, 5.41) is 11.0. The summed E-state index contributed by atoms with van der Waals surface area (Å²) in [5.41, 5.74) is 2.06. The Morgan fingerprint density at radius 1 is 0.931 bits per heavy atom. The first-order valence-electron chi connectivity index (χ1n) is 9.12. The van der Waals surface area contributed by atoms with Gasteiger partial charge in [-0.1, -0.05) is 42.5 Å². The highest BCUT2D eigenvalue weighted by atomic mass is 32.1. The number of nitrogens with zero attached hydrogens (tertiary/aromatic N) is 3. The van der Waals surface area contributed by atoms with Crippen LogP contribution in [0.2, 0.25) is 0 Å². The van der Waals surface area contributed by atoms with Crippen molar-refractivity contribution >= 4 is 40.4 Å². The summed E-state index contributed by atoms with van der Waals surface area (Å²) in [6.07, 6.45) is 0. The molecule has 0 bridgehead atoms. The molecule has 1 aliphatic heterocycles. The van der Waals surface area contributed by atoms with E-state index in [0.717, 1.165) is 10.5 Å². The number of imide groups is 1. The predicted molar refractivity (Wildman–Crippen MR) is 113 cm³/mol. The van der Waals surface area contributed by atoms with Gasteiger partial charge in [0, 0.05) is 30.8 Å². The maximum Gasteiger partial charge on any atom is 0.332 e. The van der Waals surface area contributed by atoms with Crippen LogP contribution in [0.3, 0.4) is 0 Å². The highest BCUT2D eigenvalue weighted by Crippen LogP contribution is 2.33. The zero-order valence-corrected chi connectivity index (χ0v) is 16.8. The second kappa shape index (κ2) is 8.32. The second-order valence-electron chi connectivity index (χ2n) is 6.30. The van der Waals surface area contributed by atoms with E-state index >= 15 is 0 Å². The average molecular weight is 409 g/mol. The summed E-state index contributed by atoms with van der Waals surface area (Å²) in [6.45, 7) is 4.05. The van der Waals surface area contributed by atoms with Crippen molar-refractivity contribution in [3.63, 3.8) is 0 Å². The number of benzene rings is 2. The lowest BCUT2D eigenvalue weighted by atomic mass is 9.91. The molecule has 0 saturated carbocycles. The van der Waals surface area contributed by atoms with Crippen LogP contribution in [0, 0.1) is 10.1 Å². The molecule has 3 amide bonds. The van der Waals surface area contributed by atoms with Crippen molar-refractivity contribution in [2.24, 2.45) is 0 Å². The topological polar surface area (TPSA) is 83.8 Å². The first-order valence-corrected chi connectivity index (χ1v) is 9.53. The van der Waals surface area contributed by atoms with Gasteiger partial charge in [0.15, 0.2) is 0 Å². The molecular weight excluding hydrogens is 390 g/mol. The highest BCUT2D eigenvalue weighted by Gasteiger charge is 2.40. The largest absolute Gasteiger partial charge is 0.332 e. The van der Waals surface area contributed by atoms with Crippen molar-refractivity contribution < 1.29 is 14.5 Å². The molecule has 8 heteroatoms. The van der Waals surface area contributed by atoms with Gasteiger partial charge in [0.25, 0.3) is 11.6 Å². The Morgan fingerprint density at radius 2 is 1.48 bits per heavy atom. The average Bonchev–Trinajstić information content (AvgIpc) is 2.72. The minimum Gasteiger partial charge on any atom is -0.284 e. The number of hydrogen-bond donors (Lipinski definition) is 0. The van der Waals surface area contributed by atoms with Gasteiger partial charge in [-0.15, -0.1) is 0 Å². The predicted octanol–water partition coefficient (Wildman–Crippen LogP) is 4.03. The molecule has 0 aliphatic carbocycles. The maximum absolute atomic E-state index is 13.2. The summed E-state index contributed by atoms with van der Waals surface area (Å²) >= 11 is 5.54. The molecule has 1 saturated heterocycles. The van der Waals surface area contributed by atoms with Crippen molar-refractivity contribution in [2.75, 3.05) is 13.1 Å². The van der Waals surface area contributed by atoms with Crippen LogP contribution in [0.1, 0.15) is 25.0 Å². The van der Waals surface area contributed by atoms with E-state index in [1.807, 2.05) is 30.3 Å². The lowest BCUT2D eigenvalue weighted by Gasteiger charge is -2.36. The Bertz CT molecular complexity index is 988. The highest BCUT2D eigenvalue weighted by molar-refractivity contribution is 7.81. The summed E-state index contributed by atoms with van der Waals surface area (Å²) in [6, 6.07) is 14.7. The van der Waals surface area contributed by atoms with Gasteiger partial charge in [0.1, 0.15) is 4.99 Å². The van der Waals surface area contributed by atoms with Crippen LogP contribution in [0.25, 0.3) is 5.57 Å². The van der Waals surface area contributed by atoms with Crippen molar-refractivity contribution in [3.05, 3.63) is 81.4 Å². The van der Waals surface area contributed by atoms with Crippen molar-refractivity contribution in [2.45, 2.75) is 13.8 Å².